The van der Waals surface area contributed by atoms with Crippen molar-refractivity contribution in [1.82, 2.24) is 20.9 Å². The smallest absolute Gasteiger partial charge is 0.251 e. The molecule has 148 valence electrons. The molecule has 26 heavy (non-hydrogen) atoms. The van der Waals surface area contributed by atoms with Gasteiger partial charge in [0.25, 0.3) is 5.91 Å². The van der Waals surface area contributed by atoms with Gasteiger partial charge in [-0.05, 0) is 38.7 Å². The number of rotatable bonds is 9. The van der Waals surface area contributed by atoms with Crippen molar-refractivity contribution in [2.75, 3.05) is 47.9 Å². The molecule has 1 aromatic rings. The normalized spacial score (nSPS) is 12.3. The molecule has 7 nitrogen and oxygen atoms in total. The van der Waals surface area contributed by atoms with Crippen LogP contribution in [0.5, 0.6) is 0 Å². The van der Waals surface area contributed by atoms with Gasteiger partial charge in [0.05, 0.1) is 6.61 Å². The quantitative estimate of drug-likeness (QED) is 0.284. The van der Waals surface area contributed by atoms with E-state index in [0.717, 1.165) is 12.1 Å². The van der Waals surface area contributed by atoms with Crippen LogP contribution in [0.1, 0.15) is 22.8 Å². The zero-order valence-corrected chi connectivity index (χ0v) is 18.7. The van der Waals surface area contributed by atoms with Crippen molar-refractivity contribution in [2.24, 2.45) is 4.99 Å². The Morgan fingerprint density at radius 3 is 2.65 bits per heavy atom. The summed E-state index contributed by atoms with van der Waals surface area (Å²) in [4.78, 5) is 18.4. The fourth-order valence-corrected chi connectivity index (χ4v) is 2.22. The summed E-state index contributed by atoms with van der Waals surface area (Å²) in [5.41, 5.74) is 1.68. The number of amides is 1. The Hall–Kier alpha value is -1.39. The Bertz CT molecular complexity index is 566. The van der Waals surface area contributed by atoms with Crippen LogP contribution in [-0.4, -0.2) is 70.8 Å². The summed E-state index contributed by atoms with van der Waals surface area (Å²) in [6.07, 6.45) is 0. The number of hydrogen-bond acceptors (Lipinski definition) is 4. The molecule has 1 unspecified atom stereocenters. The van der Waals surface area contributed by atoms with Crippen LogP contribution in [0.3, 0.4) is 0 Å². The number of ether oxygens (including phenoxy) is 1. The van der Waals surface area contributed by atoms with Gasteiger partial charge in [-0.2, -0.15) is 0 Å². The van der Waals surface area contributed by atoms with E-state index in [9.17, 15) is 4.79 Å². The summed E-state index contributed by atoms with van der Waals surface area (Å²) in [5, 5.41) is 9.41. The first-order chi connectivity index (χ1) is 12.0. The third-order valence-corrected chi connectivity index (χ3v) is 3.52. The third-order valence-electron chi connectivity index (χ3n) is 3.52. The maximum Gasteiger partial charge on any atom is 0.251 e. The highest BCUT2D eigenvalue weighted by atomic mass is 127. The van der Waals surface area contributed by atoms with Crippen LogP contribution in [-0.2, 0) is 11.3 Å². The fourth-order valence-electron chi connectivity index (χ4n) is 2.22. The summed E-state index contributed by atoms with van der Waals surface area (Å²) in [6, 6.07) is 7.74. The number of methoxy groups -OCH3 is 1. The van der Waals surface area contributed by atoms with Gasteiger partial charge in [0, 0.05) is 45.4 Å². The van der Waals surface area contributed by atoms with Crippen molar-refractivity contribution >= 4 is 35.8 Å². The van der Waals surface area contributed by atoms with Crippen molar-refractivity contribution < 1.29 is 9.53 Å². The molecule has 1 aromatic carbocycles. The largest absolute Gasteiger partial charge is 0.383 e. The van der Waals surface area contributed by atoms with Gasteiger partial charge < -0.3 is 25.6 Å². The van der Waals surface area contributed by atoms with E-state index in [1.54, 1.807) is 14.2 Å². The standard InChI is InChI=1S/C18H31N5O2.HI/c1-14(13-25-5)22-18(19-2)21-12-15-7-6-8-16(11-15)17(24)20-9-10-23(3)4;/h6-8,11,14H,9-10,12-13H2,1-5H3,(H,20,24)(H2,19,21,22);1H. The van der Waals surface area contributed by atoms with Crippen LogP contribution < -0.4 is 16.0 Å². The number of benzene rings is 1. The molecule has 0 fully saturated rings. The number of carbonyl (C=O) groups is 1. The molecule has 1 amide bonds. The van der Waals surface area contributed by atoms with Gasteiger partial charge >= 0.3 is 0 Å². The van der Waals surface area contributed by atoms with Crippen LogP contribution in [0.4, 0.5) is 0 Å². The molecule has 0 aliphatic carbocycles. The Kier molecular flexibility index (Phi) is 13.0. The topological polar surface area (TPSA) is 78.0 Å². The number of nitrogens with one attached hydrogen (secondary N) is 3. The lowest BCUT2D eigenvalue weighted by Gasteiger charge is -2.17. The zero-order valence-electron chi connectivity index (χ0n) is 16.3. The highest BCUT2D eigenvalue weighted by molar-refractivity contribution is 14.0. The predicted octanol–water partition coefficient (Wildman–Crippen LogP) is 1.30. The minimum atomic E-state index is -0.0556. The SMILES string of the molecule is CN=C(NCc1cccc(C(=O)NCCN(C)C)c1)NC(C)COC.I. The molecule has 0 saturated heterocycles. The van der Waals surface area contributed by atoms with Crippen molar-refractivity contribution in [3.05, 3.63) is 35.4 Å². The molecule has 0 heterocycles. The van der Waals surface area contributed by atoms with Gasteiger partial charge in [-0.25, -0.2) is 0 Å². The number of likely N-dealkylation sites (N-methyl/N-ethyl adjacent to an activating group) is 1. The zero-order chi connectivity index (χ0) is 18.7. The minimum Gasteiger partial charge on any atom is -0.383 e. The first-order valence-electron chi connectivity index (χ1n) is 8.44. The van der Waals surface area contributed by atoms with Crippen molar-refractivity contribution in [2.45, 2.75) is 19.5 Å². The van der Waals surface area contributed by atoms with Gasteiger partial charge in [0.2, 0.25) is 0 Å². The molecule has 0 saturated carbocycles. The molecular weight excluding hydrogens is 445 g/mol. The van der Waals surface area contributed by atoms with E-state index in [-0.39, 0.29) is 35.9 Å². The van der Waals surface area contributed by atoms with Crippen LogP contribution in [0.25, 0.3) is 0 Å². The van der Waals surface area contributed by atoms with E-state index in [1.807, 2.05) is 50.2 Å². The highest BCUT2D eigenvalue weighted by Gasteiger charge is 2.07. The summed E-state index contributed by atoms with van der Waals surface area (Å²) in [6.45, 7) is 4.65. The monoisotopic (exact) mass is 477 g/mol. The van der Waals surface area contributed by atoms with Crippen LogP contribution in [0.2, 0.25) is 0 Å². The number of halogens is 1. The summed E-state index contributed by atoms with van der Waals surface area (Å²) in [7, 11) is 7.35. The predicted molar refractivity (Wildman–Crippen MR) is 117 cm³/mol. The number of guanidine groups is 1. The minimum absolute atomic E-state index is 0. The molecular formula is C18H32IN5O2. The highest BCUT2D eigenvalue weighted by Crippen LogP contribution is 2.05. The third kappa shape index (κ3) is 9.93. The molecule has 1 rings (SSSR count). The van der Waals surface area contributed by atoms with Crippen molar-refractivity contribution in [1.29, 1.82) is 0 Å². The molecule has 8 heteroatoms. The molecule has 0 radical (unpaired) electrons. The van der Waals surface area contributed by atoms with E-state index < -0.39 is 0 Å². The van der Waals surface area contributed by atoms with Gasteiger partial charge in [0.15, 0.2) is 5.96 Å². The van der Waals surface area contributed by atoms with Crippen molar-refractivity contribution in [3.8, 4) is 0 Å². The molecule has 0 aromatic heterocycles. The number of carbonyl (C=O) groups excluding carboxylic acids is 1. The van der Waals surface area contributed by atoms with Gasteiger partial charge in [0.1, 0.15) is 0 Å². The molecule has 1 atom stereocenters. The van der Waals surface area contributed by atoms with E-state index in [1.165, 1.54) is 0 Å². The molecule has 0 spiro atoms. The average Bonchev–Trinajstić information content (AvgIpc) is 2.58. The second-order valence-electron chi connectivity index (χ2n) is 6.19. The first-order valence-corrected chi connectivity index (χ1v) is 8.44. The average molecular weight is 477 g/mol. The van der Waals surface area contributed by atoms with Gasteiger partial charge in [-0.3, -0.25) is 9.79 Å². The lowest BCUT2D eigenvalue weighted by atomic mass is 10.1. The lowest BCUT2D eigenvalue weighted by molar-refractivity contribution is 0.0951. The van der Waals surface area contributed by atoms with Crippen molar-refractivity contribution in [3.63, 3.8) is 0 Å². The molecule has 0 aliphatic rings. The summed E-state index contributed by atoms with van der Waals surface area (Å²) < 4.78 is 5.11. The fraction of sp³-hybridized carbons (Fsp3) is 0.556. The van der Waals surface area contributed by atoms with E-state index in [2.05, 4.69) is 20.9 Å². The van der Waals surface area contributed by atoms with E-state index in [4.69, 9.17) is 4.74 Å². The van der Waals surface area contributed by atoms with Crippen LogP contribution in [0.15, 0.2) is 29.3 Å². The van der Waals surface area contributed by atoms with E-state index >= 15 is 0 Å². The van der Waals surface area contributed by atoms with Gasteiger partial charge in [-0.15, -0.1) is 24.0 Å². The molecule has 3 N–H and O–H groups in total. The molecule has 0 bridgehead atoms. The van der Waals surface area contributed by atoms with Crippen LogP contribution >= 0.6 is 24.0 Å². The maximum atomic E-state index is 12.2. The second-order valence-corrected chi connectivity index (χ2v) is 6.19. The molecule has 0 aliphatic heterocycles. The Labute approximate surface area is 174 Å². The Balaban J connectivity index is 0.00000625. The number of nitrogens with zero attached hydrogens (tertiary/aromatic N) is 2. The summed E-state index contributed by atoms with van der Waals surface area (Å²) >= 11 is 0. The number of hydrogen-bond donors (Lipinski definition) is 3. The maximum absolute atomic E-state index is 12.2. The van der Waals surface area contributed by atoms with Crippen LogP contribution in [0, 0.1) is 0 Å². The Morgan fingerprint density at radius 1 is 1.31 bits per heavy atom. The van der Waals surface area contributed by atoms with E-state index in [0.29, 0.717) is 31.2 Å². The summed E-state index contributed by atoms with van der Waals surface area (Å²) in [5.74, 6) is 0.644. The van der Waals surface area contributed by atoms with Gasteiger partial charge in [-0.1, -0.05) is 12.1 Å². The second kappa shape index (κ2) is 13.8. The Morgan fingerprint density at radius 2 is 2.04 bits per heavy atom. The first kappa shape index (κ1) is 24.6. The number of aliphatic imine (C=N–C) groups is 1. The lowest BCUT2D eigenvalue weighted by Crippen LogP contribution is -2.43.